The number of ether oxygens (including phenoxy) is 1. The van der Waals surface area contributed by atoms with Crippen molar-refractivity contribution in [2.45, 2.75) is 60.4 Å². The Balaban J connectivity index is 1.46. The summed E-state index contributed by atoms with van der Waals surface area (Å²) in [6.07, 6.45) is 0.939. The summed E-state index contributed by atoms with van der Waals surface area (Å²) in [7, 11) is 0. The number of hydrogen-bond acceptors (Lipinski definition) is 5. The largest absolute Gasteiger partial charge is 0.493 e. The predicted molar refractivity (Wildman–Crippen MR) is 155 cm³/mol. The zero-order valence-electron chi connectivity index (χ0n) is 23.8. The van der Waals surface area contributed by atoms with Crippen LogP contribution in [0, 0.1) is 34.6 Å². The minimum absolute atomic E-state index is 0.00558. The molecule has 0 aliphatic carbocycles. The molecule has 1 heterocycles. The number of hydrogen-bond donors (Lipinski definition) is 2. The maximum atomic E-state index is 13.2. The lowest BCUT2D eigenvalue weighted by Crippen LogP contribution is -2.26. The monoisotopic (exact) mass is 540 g/mol. The minimum Gasteiger partial charge on any atom is -0.493 e. The van der Waals surface area contributed by atoms with Gasteiger partial charge in [-0.25, -0.2) is 4.98 Å². The molecule has 0 aliphatic rings. The number of nitrogens with zero attached hydrogens (tertiary/aromatic N) is 1. The third kappa shape index (κ3) is 6.78. The molecule has 3 aromatic carbocycles. The molecule has 0 radical (unpaired) electrons. The molecule has 208 valence electrons. The summed E-state index contributed by atoms with van der Waals surface area (Å²) in [5, 5.41) is 12.3. The molecule has 0 spiro atoms. The van der Waals surface area contributed by atoms with Gasteiger partial charge in [0, 0.05) is 30.5 Å². The van der Waals surface area contributed by atoms with Crippen molar-refractivity contribution in [2.24, 2.45) is 0 Å². The molecule has 0 saturated carbocycles. The molecule has 1 aromatic heterocycles. The van der Waals surface area contributed by atoms with Crippen LogP contribution in [-0.2, 0) is 24.2 Å². The molecule has 0 atom stereocenters. The average molecular weight is 541 g/mol. The van der Waals surface area contributed by atoms with E-state index in [9.17, 15) is 14.7 Å². The number of amides is 1. The summed E-state index contributed by atoms with van der Waals surface area (Å²) in [5.74, 6) is 0.976. The van der Waals surface area contributed by atoms with Crippen LogP contribution in [0.15, 0.2) is 59.0 Å². The highest BCUT2D eigenvalue weighted by Crippen LogP contribution is 2.25. The van der Waals surface area contributed by atoms with Crippen molar-refractivity contribution in [3.63, 3.8) is 0 Å². The van der Waals surface area contributed by atoms with E-state index in [2.05, 4.69) is 16.4 Å². The van der Waals surface area contributed by atoms with E-state index < -0.39 is 5.97 Å². The molecule has 7 nitrogen and oxygen atoms in total. The number of rotatable bonds is 11. The maximum absolute atomic E-state index is 13.2. The molecule has 0 bridgehead atoms. The number of aryl methyl sites for hydroxylation is 4. The summed E-state index contributed by atoms with van der Waals surface area (Å²) in [5.41, 5.74) is 8.21. The van der Waals surface area contributed by atoms with Gasteiger partial charge in [-0.05, 0) is 98.7 Å². The van der Waals surface area contributed by atoms with Crippen LogP contribution in [0.1, 0.15) is 61.6 Å². The van der Waals surface area contributed by atoms with Gasteiger partial charge in [0.1, 0.15) is 11.5 Å². The number of carbonyl (C=O) groups excluding carboxylic acids is 1. The van der Waals surface area contributed by atoms with E-state index in [1.54, 1.807) is 0 Å². The van der Waals surface area contributed by atoms with Gasteiger partial charge in [0.2, 0.25) is 5.89 Å². The Morgan fingerprint density at radius 1 is 0.900 bits per heavy atom. The first-order valence-electron chi connectivity index (χ1n) is 13.5. The van der Waals surface area contributed by atoms with Crippen LogP contribution in [0.5, 0.6) is 5.75 Å². The van der Waals surface area contributed by atoms with Gasteiger partial charge in [0.15, 0.2) is 0 Å². The highest BCUT2D eigenvalue weighted by Gasteiger charge is 2.17. The summed E-state index contributed by atoms with van der Waals surface area (Å²) >= 11 is 0. The lowest BCUT2D eigenvalue weighted by atomic mass is 9.93. The second-order valence-electron chi connectivity index (χ2n) is 10.1. The van der Waals surface area contributed by atoms with Gasteiger partial charge in [-0.1, -0.05) is 30.3 Å². The van der Waals surface area contributed by atoms with Gasteiger partial charge < -0.3 is 19.6 Å². The van der Waals surface area contributed by atoms with Gasteiger partial charge in [-0.3, -0.25) is 9.59 Å². The number of carbonyl (C=O) groups is 2. The average Bonchev–Trinajstić information content (AvgIpc) is 3.31. The fourth-order valence-electron chi connectivity index (χ4n) is 4.79. The Morgan fingerprint density at radius 3 is 2.27 bits per heavy atom. The zero-order chi connectivity index (χ0) is 28.8. The van der Waals surface area contributed by atoms with E-state index in [1.807, 2.05) is 83.1 Å². The van der Waals surface area contributed by atoms with Crippen molar-refractivity contribution >= 4 is 11.9 Å². The summed E-state index contributed by atoms with van der Waals surface area (Å²) in [6, 6.07) is 17.4. The van der Waals surface area contributed by atoms with Crippen LogP contribution < -0.4 is 10.1 Å². The number of aliphatic carboxylic acids is 1. The molecule has 7 heteroatoms. The SMILES string of the molecule is Cc1cc(C)c(C)c(C(=O)NCc2cc(OCCc3nc(-c4ccccc4)oc3C)ccc2CCC(=O)O)c1C. The molecule has 4 rings (SSSR count). The molecule has 0 unspecified atom stereocenters. The topological polar surface area (TPSA) is 102 Å². The van der Waals surface area contributed by atoms with Gasteiger partial charge >= 0.3 is 5.97 Å². The number of benzene rings is 3. The molecule has 4 aromatic rings. The van der Waals surface area contributed by atoms with E-state index in [1.165, 1.54) is 0 Å². The quantitative estimate of drug-likeness (QED) is 0.227. The van der Waals surface area contributed by atoms with Crippen molar-refractivity contribution in [3.8, 4) is 17.2 Å². The van der Waals surface area contributed by atoms with Gasteiger partial charge in [0.25, 0.3) is 5.91 Å². The van der Waals surface area contributed by atoms with Crippen molar-refractivity contribution < 1.29 is 23.8 Å². The molecule has 40 heavy (non-hydrogen) atoms. The normalized spacial score (nSPS) is 10.9. The highest BCUT2D eigenvalue weighted by atomic mass is 16.5. The lowest BCUT2D eigenvalue weighted by molar-refractivity contribution is -0.136. The second-order valence-corrected chi connectivity index (χ2v) is 10.1. The van der Waals surface area contributed by atoms with Crippen molar-refractivity contribution in [1.29, 1.82) is 0 Å². The first kappa shape index (κ1) is 28.6. The molecule has 1 amide bonds. The summed E-state index contributed by atoms with van der Waals surface area (Å²) in [4.78, 5) is 29.1. The fourth-order valence-corrected chi connectivity index (χ4v) is 4.79. The Kier molecular flexibility index (Phi) is 9.04. The van der Waals surface area contributed by atoms with Crippen LogP contribution in [0.2, 0.25) is 0 Å². The Bertz CT molecular complexity index is 1500. The Labute approximate surface area is 235 Å². The maximum Gasteiger partial charge on any atom is 0.303 e. The third-order valence-electron chi connectivity index (χ3n) is 7.34. The Morgan fingerprint density at radius 2 is 1.60 bits per heavy atom. The lowest BCUT2D eigenvalue weighted by Gasteiger charge is -2.17. The first-order chi connectivity index (χ1) is 19.1. The van der Waals surface area contributed by atoms with E-state index >= 15 is 0 Å². The van der Waals surface area contributed by atoms with Crippen LogP contribution in [0.4, 0.5) is 0 Å². The molecule has 2 N–H and O–H groups in total. The van der Waals surface area contributed by atoms with E-state index in [0.717, 1.165) is 50.4 Å². The van der Waals surface area contributed by atoms with Gasteiger partial charge in [0.05, 0.1) is 12.3 Å². The van der Waals surface area contributed by atoms with Crippen molar-refractivity contribution in [2.75, 3.05) is 6.61 Å². The standard InChI is InChI=1S/C33H36N2O5/c1-20-17-21(2)23(4)31(22(20)3)32(38)34-19-27-18-28(13-11-25(27)12-14-30(36)37)39-16-15-29-24(5)40-33(35-29)26-9-7-6-8-10-26/h6-11,13,17-18H,12,14-16,19H2,1-5H3,(H,34,38)(H,36,37). The summed E-state index contributed by atoms with van der Waals surface area (Å²) < 4.78 is 11.9. The smallest absolute Gasteiger partial charge is 0.303 e. The van der Waals surface area contributed by atoms with Crippen molar-refractivity contribution in [3.05, 3.63) is 105 Å². The molecular formula is C33H36N2O5. The van der Waals surface area contributed by atoms with E-state index in [0.29, 0.717) is 36.7 Å². The second kappa shape index (κ2) is 12.6. The van der Waals surface area contributed by atoms with Gasteiger partial charge in [-0.15, -0.1) is 0 Å². The van der Waals surface area contributed by atoms with Crippen LogP contribution in [-0.4, -0.2) is 28.6 Å². The molecule has 0 saturated heterocycles. The summed E-state index contributed by atoms with van der Waals surface area (Å²) in [6.45, 7) is 10.5. The predicted octanol–water partition coefficient (Wildman–Crippen LogP) is 6.45. The third-order valence-corrected chi connectivity index (χ3v) is 7.34. The van der Waals surface area contributed by atoms with Crippen LogP contribution in [0.25, 0.3) is 11.5 Å². The van der Waals surface area contributed by atoms with E-state index in [-0.39, 0.29) is 18.9 Å². The van der Waals surface area contributed by atoms with Crippen LogP contribution >= 0.6 is 0 Å². The molecule has 0 aliphatic heterocycles. The number of nitrogens with one attached hydrogen (secondary N) is 1. The van der Waals surface area contributed by atoms with Crippen LogP contribution in [0.3, 0.4) is 0 Å². The van der Waals surface area contributed by atoms with E-state index in [4.69, 9.17) is 9.15 Å². The number of aromatic nitrogens is 1. The van der Waals surface area contributed by atoms with Gasteiger partial charge in [-0.2, -0.15) is 0 Å². The number of carboxylic acid groups (broad SMARTS) is 1. The van der Waals surface area contributed by atoms with Crippen molar-refractivity contribution in [1.82, 2.24) is 10.3 Å². The molecule has 0 fully saturated rings. The number of carboxylic acids is 1. The minimum atomic E-state index is -0.866. The zero-order valence-corrected chi connectivity index (χ0v) is 23.8. The number of oxazole rings is 1. The first-order valence-corrected chi connectivity index (χ1v) is 13.5. The molecular weight excluding hydrogens is 504 g/mol. The Hall–Kier alpha value is -4.39. The highest BCUT2D eigenvalue weighted by molar-refractivity contribution is 5.97. The fraction of sp³-hybridized carbons (Fsp3) is 0.303.